The van der Waals surface area contributed by atoms with E-state index >= 15 is 0 Å². The van der Waals surface area contributed by atoms with Crippen LogP contribution in [0.5, 0.6) is 0 Å². The summed E-state index contributed by atoms with van der Waals surface area (Å²) in [5, 5.41) is 120. The van der Waals surface area contributed by atoms with Crippen LogP contribution in [0.1, 0.15) is 187 Å². The van der Waals surface area contributed by atoms with Crippen molar-refractivity contribution in [3.63, 3.8) is 0 Å². The second-order valence-electron chi connectivity index (χ2n) is 22.1. The van der Waals surface area contributed by atoms with Gasteiger partial charge in [-0.15, -0.1) is 0 Å². The molecule has 82 heavy (non-hydrogen) atoms. The van der Waals surface area contributed by atoms with Gasteiger partial charge in [0.15, 0.2) is 18.9 Å². The van der Waals surface area contributed by atoms with Crippen LogP contribution in [-0.4, -0.2) is 193 Å². The zero-order valence-corrected chi connectivity index (χ0v) is 49.4. The normalized spacial score (nSPS) is 30.1. The quantitative estimate of drug-likeness (QED) is 0.0238. The van der Waals surface area contributed by atoms with Crippen LogP contribution in [0.3, 0.4) is 0 Å². The third-order valence-corrected chi connectivity index (χ3v) is 15.2. The van der Waals surface area contributed by atoms with E-state index in [1.54, 1.807) is 6.08 Å². The van der Waals surface area contributed by atoms with Gasteiger partial charge in [-0.3, -0.25) is 4.79 Å². The summed E-state index contributed by atoms with van der Waals surface area (Å²) in [6.45, 7) is 1.63. The van der Waals surface area contributed by atoms with Gasteiger partial charge in [-0.1, -0.05) is 170 Å². The number of aliphatic hydroxyl groups excluding tert-OH is 11. The van der Waals surface area contributed by atoms with Crippen molar-refractivity contribution in [2.75, 3.05) is 26.4 Å². The van der Waals surface area contributed by atoms with Crippen LogP contribution in [0, 0.1) is 0 Å². The highest BCUT2D eigenvalue weighted by Gasteiger charge is 2.53. The Morgan fingerprint density at radius 1 is 0.439 bits per heavy atom. The molecule has 0 spiro atoms. The Labute approximate surface area is 489 Å². The average molecular weight is 1170 g/mol. The van der Waals surface area contributed by atoms with Gasteiger partial charge >= 0.3 is 0 Å². The molecule has 12 N–H and O–H groups in total. The van der Waals surface area contributed by atoms with Gasteiger partial charge in [-0.2, -0.15) is 0 Å². The van der Waals surface area contributed by atoms with E-state index in [1.807, 2.05) is 6.08 Å². The topological polar surface area (TPSA) is 307 Å². The second kappa shape index (κ2) is 45.5. The van der Waals surface area contributed by atoms with Gasteiger partial charge in [-0.05, 0) is 83.5 Å². The number of amides is 1. The molecule has 0 radical (unpaired) electrons. The van der Waals surface area contributed by atoms with E-state index in [-0.39, 0.29) is 18.9 Å². The fourth-order valence-corrected chi connectivity index (χ4v) is 10.1. The predicted molar refractivity (Wildman–Crippen MR) is 314 cm³/mol. The lowest BCUT2D eigenvalue weighted by atomic mass is 9.96. The smallest absolute Gasteiger partial charge is 0.220 e. The lowest BCUT2D eigenvalue weighted by Crippen LogP contribution is -2.66. The number of unbranched alkanes of at least 4 members (excludes halogenated alkanes) is 19. The van der Waals surface area contributed by atoms with Gasteiger partial charge in [-0.25, -0.2) is 0 Å². The lowest BCUT2D eigenvalue weighted by Gasteiger charge is -2.48. The number of rotatable bonds is 45. The Kier molecular flexibility index (Phi) is 40.8. The minimum absolute atomic E-state index is 0.220. The number of ether oxygens (including phenoxy) is 6. The summed E-state index contributed by atoms with van der Waals surface area (Å²) in [5.74, 6) is -0.301. The first kappa shape index (κ1) is 73.5. The molecular weight excluding hydrogens is 1060 g/mol. The molecule has 1 amide bonds. The number of carbonyl (C=O) groups excluding carboxylic acids is 1. The molecule has 3 heterocycles. The maximum atomic E-state index is 13.3. The maximum Gasteiger partial charge on any atom is 0.220 e. The summed E-state index contributed by atoms with van der Waals surface area (Å²) in [5.41, 5.74) is 0. The van der Waals surface area contributed by atoms with Crippen LogP contribution in [0.4, 0.5) is 0 Å². The third kappa shape index (κ3) is 28.6. The summed E-state index contributed by atoms with van der Waals surface area (Å²) in [7, 11) is 0. The van der Waals surface area contributed by atoms with E-state index in [9.17, 15) is 61.0 Å². The van der Waals surface area contributed by atoms with Crippen molar-refractivity contribution in [2.24, 2.45) is 0 Å². The predicted octanol–water partition coefficient (Wildman–Crippen LogP) is 6.21. The summed E-state index contributed by atoms with van der Waals surface area (Å²) in [4.78, 5) is 13.3. The Morgan fingerprint density at radius 2 is 0.817 bits per heavy atom. The van der Waals surface area contributed by atoms with E-state index in [1.165, 1.54) is 83.5 Å². The molecule has 3 aliphatic heterocycles. The Morgan fingerprint density at radius 3 is 1.32 bits per heavy atom. The first-order valence-electron chi connectivity index (χ1n) is 31.2. The van der Waals surface area contributed by atoms with Crippen molar-refractivity contribution < 1.29 is 89.4 Å². The third-order valence-electron chi connectivity index (χ3n) is 15.2. The molecule has 0 saturated carbocycles. The summed E-state index contributed by atoms with van der Waals surface area (Å²) < 4.78 is 34.2. The number of carbonyl (C=O) groups is 1. The standard InChI is InChI=1S/C63H109NO18/c1-3-5-7-9-11-13-15-17-19-20-21-22-23-24-25-26-27-29-31-33-35-37-39-41-51(69)64-46(47(68)40-38-36-34-32-30-28-18-16-14-12-10-8-6-4-2)45-77-61-57(75)54(72)59(49(43-66)79-61)82-63-58(76)55(73)60(50(44-67)80-63)81-62-56(74)53(71)52(70)48(42-65)78-62/h14-17,20-21,23-24,30,32,38,40,46-50,52-63,65-68,70-76H,3-13,18-19,22,25-29,31,33-37,39,41-45H2,1-2H3,(H,64,69)/b16-14+,17-15-,21-20-,24-23-,32-30+,40-38+. The van der Waals surface area contributed by atoms with Crippen molar-refractivity contribution in [1.29, 1.82) is 0 Å². The largest absolute Gasteiger partial charge is 0.394 e. The van der Waals surface area contributed by atoms with Crippen molar-refractivity contribution in [1.82, 2.24) is 5.32 Å². The highest BCUT2D eigenvalue weighted by atomic mass is 16.8. The molecule has 17 unspecified atom stereocenters. The Bertz CT molecular complexity index is 1780. The highest BCUT2D eigenvalue weighted by Crippen LogP contribution is 2.33. The number of hydrogen-bond donors (Lipinski definition) is 12. The fourth-order valence-electron chi connectivity index (χ4n) is 10.1. The molecule has 19 heteroatoms. The maximum absolute atomic E-state index is 13.3. The first-order chi connectivity index (χ1) is 39.8. The Balaban J connectivity index is 1.49. The molecule has 3 saturated heterocycles. The van der Waals surface area contributed by atoms with Gasteiger partial charge in [0.2, 0.25) is 5.91 Å². The molecule has 474 valence electrons. The summed E-state index contributed by atoms with van der Waals surface area (Å²) in [6, 6.07) is -1.00. The van der Waals surface area contributed by atoms with Crippen LogP contribution in [-0.2, 0) is 33.2 Å². The van der Waals surface area contributed by atoms with E-state index in [2.05, 4.69) is 79.9 Å². The molecule has 0 aromatic heterocycles. The molecule has 0 aromatic carbocycles. The zero-order chi connectivity index (χ0) is 59.7. The van der Waals surface area contributed by atoms with Gasteiger partial charge in [0, 0.05) is 6.42 Å². The minimum Gasteiger partial charge on any atom is -0.394 e. The SMILES string of the molecule is CCCCCC/C=C/CC/C=C/CC/C=C/C(O)C(COC1OC(CO)C(OC2OC(CO)C(OC3OC(CO)C(O)C(O)C3O)C(O)C2O)C(O)C1O)NC(=O)CCCCCCCCCC/C=C\C/C=C\C/C=C\CCCCCCC. The number of hydrogen-bond acceptors (Lipinski definition) is 18. The molecule has 3 fully saturated rings. The van der Waals surface area contributed by atoms with Crippen molar-refractivity contribution in [2.45, 2.75) is 291 Å². The van der Waals surface area contributed by atoms with Crippen LogP contribution >= 0.6 is 0 Å². The first-order valence-corrected chi connectivity index (χ1v) is 31.2. The number of allylic oxidation sites excluding steroid dienone is 11. The van der Waals surface area contributed by atoms with Gasteiger partial charge in [0.25, 0.3) is 0 Å². The molecular formula is C63H109NO18. The van der Waals surface area contributed by atoms with Gasteiger partial charge in [0.1, 0.15) is 73.2 Å². The van der Waals surface area contributed by atoms with Crippen LogP contribution in [0.15, 0.2) is 72.9 Å². The molecule has 0 aromatic rings. The number of aliphatic hydroxyl groups is 11. The van der Waals surface area contributed by atoms with Crippen molar-refractivity contribution in [3.8, 4) is 0 Å². The average Bonchev–Trinajstić information content (AvgIpc) is 2.90. The number of nitrogens with one attached hydrogen (secondary N) is 1. The minimum atomic E-state index is -1.99. The van der Waals surface area contributed by atoms with Gasteiger partial charge < -0.3 is 89.9 Å². The Hall–Kier alpha value is -2.77. The van der Waals surface area contributed by atoms with E-state index in [0.717, 1.165) is 70.6 Å². The second-order valence-corrected chi connectivity index (χ2v) is 22.1. The molecule has 0 bridgehead atoms. The highest BCUT2D eigenvalue weighted by molar-refractivity contribution is 5.76. The lowest BCUT2D eigenvalue weighted by molar-refractivity contribution is -0.379. The fraction of sp³-hybridized carbons (Fsp3) is 0.794. The van der Waals surface area contributed by atoms with Gasteiger partial charge in [0.05, 0.1) is 38.6 Å². The van der Waals surface area contributed by atoms with Crippen LogP contribution in [0.25, 0.3) is 0 Å². The monoisotopic (exact) mass is 1170 g/mol. The van der Waals surface area contributed by atoms with Crippen LogP contribution < -0.4 is 5.32 Å². The van der Waals surface area contributed by atoms with E-state index < -0.39 is 124 Å². The molecule has 3 rings (SSSR count). The molecule has 19 nitrogen and oxygen atoms in total. The summed E-state index contributed by atoms with van der Waals surface area (Å²) >= 11 is 0. The molecule has 17 atom stereocenters. The summed E-state index contributed by atoms with van der Waals surface area (Å²) in [6.07, 6.45) is 27.4. The van der Waals surface area contributed by atoms with E-state index in [0.29, 0.717) is 12.8 Å². The van der Waals surface area contributed by atoms with Crippen molar-refractivity contribution in [3.05, 3.63) is 72.9 Å². The molecule has 0 aliphatic carbocycles. The van der Waals surface area contributed by atoms with E-state index in [4.69, 9.17) is 28.4 Å². The van der Waals surface area contributed by atoms with Crippen LogP contribution in [0.2, 0.25) is 0 Å². The zero-order valence-electron chi connectivity index (χ0n) is 49.4. The molecule has 3 aliphatic rings. The van der Waals surface area contributed by atoms with Crippen molar-refractivity contribution >= 4 is 5.91 Å².